The van der Waals surface area contributed by atoms with E-state index in [0.717, 1.165) is 19.4 Å². The average molecular weight is 383 g/mol. The molecule has 2 aromatic rings. The van der Waals surface area contributed by atoms with E-state index in [9.17, 15) is 5.11 Å². The molecule has 1 saturated carbocycles. The lowest BCUT2D eigenvalue weighted by Gasteiger charge is -2.44. The summed E-state index contributed by atoms with van der Waals surface area (Å²) < 4.78 is 7.05. The highest BCUT2D eigenvalue weighted by molar-refractivity contribution is 6.99. The zero-order valence-corrected chi connectivity index (χ0v) is 18.0. The third kappa shape index (κ3) is 4.36. The third-order valence-electron chi connectivity index (χ3n) is 6.18. The van der Waals surface area contributed by atoms with Gasteiger partial charge in [0.2, 0.25) is 0 Å². The van der Waals surface area contributed by atoms with E-state index in [1.807, 2.05) is 0 Å². The molecular weight excluding hydrogens is 348 g/mol. The van der Waals surface area contributed by atoms with Gasteiger partial charge >= 0.3 is 0 Å². The fraction of sp³-hybridized carbons (Fsp3) is 0.500. The van der Waals surface area contributed by atoms with E-state index in [2.05, 4.69) is 81.4 Å². The van der Waals surface area contributed by atoms with Gasteiger partial charge < -0.3 is 9.53 Å². The molecule has 1 aliphatic rings. The van der Waals surface area contributed by atoms with Crippen molar-refractivity contribution in [2.45, 2.75) is 51.5 Å². The van der Waals surface area contributed by atoms with Crippen molar-refractivity contribution in [1.29, 1.82) is 0 Å². The highest BCUT2D eigenvalue weighted by atomic mass is 28.4. The van der Waals surface area contributed by atoms with E-state index in [1.165, 1.54) is 23.2 Å². The van der Waals surface area contributed by atoms with Gasteiger partial charge in [0.05, 0.1) is 0 Å². The van der Waals surface area contributed by atoms with Gasteiger partial charge in [0.1, 0.15) is 0 Å². The molecule has 3 heteroatoms. The summed E-state index contributed by atoms with van der Waals surface area (Å²) >= 11 is 0. The molecule has 1 N–H and O–H groups in total. The van der Waals surface area contributed by atoms with Crippen molar-refractivity contribution in [3.63, 3.8) is 0 Å². The number of hydrogen-bond acceptors (Lipinski definition) is 2. The maximum atomic E-state index is 9.42. The zero-order chi connectivity index (χ0) is 19.3. The first-order valence-corrected chi connectivity index (χ1v) is 12.2. The van der Waals surface area contributed by atoms with E-state index in [0.29, 0.717) is 18.4 Å². The van der Waals surface area contributed by atoms with Crippen molar-refractivity contribution in [2.24, 2.45) is 11.8 Å². The molecule has 0 amide bonds. The molecule has 0 atom stereocenters. The van der Waals surface area contributed by atoms with Crippen LogP contribution in [0.3, 0.4) is 0 Å². The van der Waals surface area contributed by atoms with Crippen LogP contribution in [-0.4, -0.2) is 26.6 Å². The van der Waals surface area contributed by atoms with Crippen LogP contribution in [0.25, 0.3) is 0 Å². The van der Waals surface area contributed by atoms with E-state index in [4.69, 9.17) is 4.43 Å². The van der Waals surface area contributed by atoms with Crippen molar-refractivity contribution < 1.29 is 9.53 Å². The summed E-state index contributed by atoms with van der Waals surface area (Å²) in [6.07, 6.45) is 4.60. The molecule has 1 fully saturated rings. The predicted molar refractivity (Wildman–Crippen MR) is 116 cm³/mol. The Balaban J connectivity index is 1.92. The van der Waals surface area contributed by atoms with Crippen LogP contribution in [0.2, 0.25) is 5.04 Å². The Bertz CT molecular complexity index is 646. The number of aliphatic hydroxyl groups excluding tert-OH is 1. The second kappa shape index (κ2) is 8.72. The smallest absolute Gasteiger partial charge is 0.261 e. The lowest BCUT2D eigenvalue weighted by atomic mass is 9.83. The van der Waals surface area contributed by atoms with Crippen molar-refractivity contribution in [3.05, 3.63) is 60.7 Å². The monoisotopic (exact) mass is 382 g/mol. The van der Waals surface area contributed by atoms with Gasteiger partial charge in [-0.3, -0.25) is 0 Å². The average Bonchev–Trinajstić information content (AvgIpc) is 2.69. The molecule has 0 bridgehead atoms. The normalized spacial score (nSPS) is 21.2. The molecule has 2 nitrogen and oxygen atoms in total. The molecule has 0 radical (unpaired) electrons. The highest BCUT2D eigenvalue weighted by Gasteiger charge is 2.50. The Morgan fingerprint density at radius 3 is 1.67 bits per heavy atom. The molecule has 3 rings (SSSR count). The highest BCUT2D eigenvalue weighted by Crippen LogP contribution is 2.38. The first-order valence-electron chi connectivity index (χ1n) is 10.3. The summed E-state index contributed by atoms with van der Waals surface area (Å²) in [6, 6.07) is 21.8. The number of rotatable bonds is 6. The van der Waals surface area contributed by atoms with Crippen molar-refractivity contribution in [2.75, 3.05) is 13.2 Å². The van der Waals surface area contributed by atoms with Gasteiger partial charge in [-0.05, 0) is 52.9 Å². The molecule has 0 heterocycles. The molecule has 0 saturated heterocycles. The quantitative estimate of drug-likeness (QED) is 0.752. The molecule has 27 heavy (non-hydrogen) atoms. The van der Waals surface area contributed by atoms with Crippen molar-refractivity contribution in [1.82, 2.24) is 0 Å². The van der Waals surface area contributed by atoms with Crippen molar-refractivity contribution in [3.8, 4) is 0 Å². The van der Waals surface area contributed by atoms with Gasteiger partial charge in [-0.25, -0.2) is 0 Å². The zero-order valence-electron chi connectivity index (χ0n) is 17.0. The van der Waals surface area contributed by atoms with Crippen LogP contribution < -0.4 is 10.4 Å². The summed E-state index contributed by atoms with van der Waals surface area (Å²) in [4.78, 5) is 0. The molecule has 2 aromatic carbocycles. The molecular formula is C24H34O2Si. The van der Waals surface area contributed by atoms with Crippen LogP contribution in [0.1, 0.15) is 46.5 Å². The number of aliphatic hydroxyl groups is 1. The second-order valence-corrected chi connectivity index (χ2v) is 13.3. The maximum Gasteiger partial charge on any atom is 0.261 e. The van der Waals surface area contributed by atoms with Crippen LogP contribution in [0.4, 0.5) is 0 Å². The van der Waals surface area contributed by atoms with Gasteiger partial charge in [-0.1, -0.05) is 81.4 Å². The lowest BCUT2D eigenvalue weighted by Crippen LogP contribution is -2.66. The minimum Gasteiger partial charge on any atom is -0.407 e. The molecule has 0 spiro atoms. The number of benzene rings is 2. The van der Waals surface area contributed by atoms with Crippen LogP contribution in [0.15, 0.2) is 60.7 Å². The second-order valence-electron chi connectivity index (χ2n) is 9.04. The molecule has 0 aliphatic heterocycles. The Kier molecular flexibility index (Phi) is 6.56. The first-order chi connectivity index (χ1) is 13.0. The Labute approximate surface area is 165 Å². The van der Waals surface area contributed by atoms with Crippen LogP contribution in [0.5, 0.6) is 0 Å². The van der Waals surface area contributed by atoms with Crippen LogP contribution in [-0.2, 0) is 4.43 Å². The molecule has 0 unspecified atom stereocenters. The van der Waals surface area contributed by atoms with E-state index in [-0.39, 0.29) is 5.04 Å². The number of hydrogen-bond donors (Lipinski definition) is 1. The van der Waals surface area contributed by atoms with Crippen LogP contribution in [0, 0.1) is 11.8 Å². The fourth-order valence-corrected chi connectivity index (χ4v) is 9.23. The summed E-state index contributed by atoms with van der Waals surface area (Å²) in [5.41, 5.74) is 0. The summed E-state index contributed by atoms with van der Waals surface area (Å²) in [5.74, 6) is 1.10. The molecule has 146 valence electrons. The van der Waals surface area contributed by atoms with Gasteiger partial charge in [0.15, 0.2) is 0 Å². The summed E-state index contributed by atoms with van der Waals surface area (Å²) in [5, 5.41) is 12.2. The molecule has 0 aromatic heterocycles. The van der Waals surface area contributed by atoms with Gasteiger partial charge in [0, 0.05) is 13.2 Å². The Hall–Kier alpha value is -1.42. The Morgan fingerprint density at radius 2 is 1.26 bits per heavy atom. The van der Waals surface area contributed by atoms with Crippen molar-refractivity contribution >= 4 is 18.7 Å². The van der Waals surface area contributed by atoms with Gasteiger partial charge in [-0.2, -0.15) is 0 Å². The maximum absolute atomic E-state index is 9.42. The standard InChI is InChI=1S/C24H34O2Si/c1-24(2,3)27(22-10-6-4-7-11-22,23-12-8-5-9-13-23)26-19-21-16-14-20(18-25)15-17-21/h4-13,20-21,25H,14-19H2,1-3H3. The minimum absolute atomic E-state index is 0.0397. The largest absolute Gasteiger partial charge is 0.407 e. The predicted octanol–water partition coefficient (Wildman–Crippen LogP) is 4.36. The first kappa shape index (κ1) is 20.3. The SMILES string of the molecule is CC(C)(C)[Si](OCC1CCC(CO)CC1)(c1ccccc1)c1ccccc1. The van der Waals surface area contributed by atoms with E-state index in [1.54, 1.807) is 0 Å². The van der Waals surface area contributed by atoms with E-state index >= 15 is 0 Å². The lowest BCUT2D eigenvalue weighted by molar-refractivity contribution is 0.135. The minimum atomic E-state index is -2.41. The van der Waals surface area contributed by atoms with Gasteiger partial charge in [0.25, 0.3) is 8.32 Å². The topological polar surface area (TPSA) is 29.5 Å². The Morgan fingerprint density at radius 1 is 0.815 bits per heavy atom. The molecule has 1 aliphatic carbocycles. The summed E-state index contributed by atoms with van der Waals surface area (Å²) in [7, 11) is -2.41. The van der Waals surface area contributed by atoms with Gasteiger partial charge in [-0.15, -0.1) is 0 Å². The summed E-state index contributed by atoms with van der Waals surface area (Å²) in [6.45, 7) is 8.17. The third-order valence-corrected chi connectivity index (χ3v) is 11.2. The van der Waals surface area contributed by atoms with Crippen LogP contribution >= 0.6 is 0 Å². The fourth-order valence-electron chi connectivity index (χ4n) is 4.59. The van der Waals surface area contributed by atoms with E-state index < -0.39 is 8.32 Å².